The molecule has 3 nitrogen and oxygen atoms in total. The average molecular weight is 215 g/mol. The summed E-state index contributed by atoms with van der Waals surface area (Å²) in [5, 5.41) is 11.1. The number of pyridine rings is 1. The minimum absolute atomic E-state index is 0.0663. The quantitative estimate of drug-likeness (QED) is 0.734. The highest BCUT2D eigenvalue weighted by Crippen LogP contribution is 2.38. The first-order valence-corrected chi connectivity index (χ1v) is 5.48. The molecule has 2 aromatic rings. The molecule has 0 saturated carbocycles. The van der Waals surface area contributed by atoms with Gasteiger partial charge < -0.3 is 9.84 Å². The molecular formula is C13H13NO2. The fourth-order valence-electron chi connectivity index (χ4n) is 2.30. The Balaban J connectivity index is 2.29. The molecule has 0 spiro atoms. The number of ether oxygens (including phenoxy) is 1. The molecule has 2 atom stereocenters. The van der Waals surface area contributed by atoms with Gasteiger partial charge in [0.25, 0.3) is 0 Å². The van der Waals surface area contributed by atoms with Gasteiger partial charge in [0.2, 0.25) is 0 Å². The molecule has 0 fully saturated rings. The van der Waals surface area contributed by atoms with Gasteiger partial charge in [-0.1, -0.05) is 6.07 Å². The number of hydrogen-bond donors (Lipinski definition) is 1. The van der Waals surface area contributed by atoms with E-state index in [1.54, 1.807) is 6.20 Å². The van der Waals surface area contributed by atoms with Crippen molar-refractivity contribution in [1.82, 2.24) is 4.98 Å². The van der Waals surface area contributed by atoms with Crippen molar-refractivity contribution in [2.45, 2.75) is 25.6 Å². The van der Waals surface area contributed by atoms with Gasteiger partial charge in [-0.15, -0.1) is 0 Å². The van der Waals surface area contributed by atoms with Crippen molar-refractivity contribution in [2.24, 2.45) is 0 Å². The van der Waals surface area contributed by atoms with E-state index < -0.39 is 6.10 Å². The fourth-order valence-corrected chi connectivity index (χ4v) is 2.30. The molecular weight excluding hydrogens is 202 g/mol. The zero-order chi connectivity index (χ0) is 11.1. The van der Waals surface area contributed by atoms with Crippen LogP contribution < -0.4 is 4.74 Å². The van der Waals surface area contributed by atoms with Crippen LogP contribution in [-0.2, 0) is 0 Å². The van der Waals surface area contributed by atoms with Crippen LogP contribution in [0.3, 0.4) is 0 Å². The van der Waals surface area contributed by atoms with E-state index in [4.69, 9.17) is 4.74 Å². The van der Waals surface area contributed by atoms with Crippen LogP contribution in [0.1, 0.15) is 25.0 Å². The van der Waals surface area contributed by atoms with E-state index in [2.05, 4.69) is 4.98 Å². The normalized spacial score (nSPS) is 23.9. The van der Waals surface area contributed by atoms with Crippen molar-refractivity contribution in [1.29, 1.82) is 0 Å². The summed E-state index contributed by atoms with van der Waals surface area (Å²) in [5.74, 6) is 0.784. The van der Waals surface area contributed by atoms with Crippen molar-refractivity contribution in [2.75, 3.05) is 0 Å². The molecule has 0 amide bonds. The van der Waals surface area contributed by atoms with E-state index in [1.807, 2.05) is 31.2 Å². The monoisotopic (exact) mass is 215 g/mol. The molecule has 0 saturated heterocycles. The third kappa shape index (κ3) is 1.36. The van der Waals surface area contributed by atoms with Crippen LogP contribution in [0.25, 0.3) is 10.9 Å². The van der Waals surface area contributed by atoms with Crippen LogP contribution in [0, 0.1) is 0 Å². The van der Waals surface area contributed by atoms with Gasteiger partial charge in [-0.25, -0.2) is 0 Å². The highest BCUT2D eigenvalue weighted by atomic mass is 16.5. The summed E-state index contributed by atoms with van der Waals surface area (Å²) < 4.78 is 5.72. The molecule has 2 heterocycles. The largest absolute Gasteiger partial charge is 0.490 e. The molecule has 16 heavy (non-hydrogen) atoms. The third-order valence-electron chi connectivity index (χ3n) is 3.00. The molecule has 82 valence electrons. The van der Waals surface area contributed by atoms with E-state index in [0.29, 0.717) is 6.42 Å². The maximum Gasteiger partial charge on any atom is 0.126 e. The summed E-state index contributed by atoms with van der Waals surface area (Å²) in [6, 6.07) is 7.68. The van der Waals surface area contributed by atoms with E-state index in [-0.39, 0.29) is 6.10 Å². The molecule has 3 heteroatoms. The lowest BCUT2D eigenvalue weighted by Crippen LogP contribution is -2.22. The van der Waals surface area contributed by atoms with Crippen LogP contribution in [0.4, 0.5) is 0 Å². The topological polar surface area (TPSA) is 42.4 Å². The van der Waals surface area contributed by atoms with E-state index >= 15 is 0 Å². The van der Waals surface area contributed by atoms with Gasteiger partial charge in [-0.2, -0.15) is 0 Å². The predicted molar refractivity (Wildman–Crippen MR) is 61.4 cm³/mol. The number of fused-ring (bicyclic) bond motifs is 3. The second kappa shape index (κ2) is 3.46. The van der Waals surface area contributed by atoms with Crippen LogP contribution in [-0.4, -0.2) is 16.2 Å². The van der Waals surface area contributed by atoms with E-state index in [9.17, 15) is 5.11 Å². The second-order valence-electron chi connectivity index (χ2n) is 4.23. The zero-order valence-corrected chi connectivity index (χ0v) is 9.05. The lowest BCUT2D eigenvalue weighted by molar-refractivity contribution is 0.0764. The van der Waals surface area contributed by atoms with Crippen molar-refractivity contribution in [3.8, 4) is 5.75 Å². The molecule has 3 rings (SSSR count). The molecule has 1 aliphatic heterocycles. The number of aromatic nitrogens is 1. The third-order valence-corrected chi connectivity index (χ3v) is 3.00. The van der Waals surface area contributed by atoms with Crippen LogP contribution in [0.15, 0.2) is 30.5 Å². The Hall–Kier alpha value is -1.61. The Bertz CT molecular complexity index is 538. The molecule has 1 aromatic heterocycles. The molecule has 0 bridgehead atoms. The smallest absolute Gasteiger partial charge is 0.126 e. The molecule has 0 radical (unpaired) electrons. The number of benzene rings is 1. The standard InChI is InChI=1S/C13H13NO2/c1-8-7-11(15)13-9-3-2-6-14-10(9)4-5-12(13)16-8/h2-6,8,11,15H,7H2,1H3/t8-,11-/m0/s1. The van der Waals surface area contributed by atoms with Gasteiger partial charge >= 0.3 is 0 Å². The molecule has 0 aliphatic carbocycles. The fraction of sp³-hybridized carbons (Fsp3) is 0.308. The van der Waals surface area contributed by atoms with Gasteiger partial charge in [-0.3, -0.25) is 4.98 Å². The van der Waals surface area contributed by atoms with E-state index in [1.165, 1.54) is 0 Å². The number of rotatable bonds is 0. The second-order valence-corrected chi connectivity index (χ2v) is 4.23. The van der Waals surface area contributed by atoms with Crippen LogP contribution in [0.5, 0.6) is 5.75 Å². The summed E-state index contributed by atoms with van der Waals surface area (Å²) in [5.41, 5.74) is 1.78. The first-order valence-electron chi connectivity index (χ1n) is 5.48. The number of hydrogen-bond acceptors (Lipinski definition) is 3. The molecule has 0 unspecified atom stereocenters. The minimum Gasteiger partial charge on any atom is -0.490 e. The Morgan fingerprint density at radius 3 is 3.12 bits per heavy atom. The predicted octanol–water partition coefficient (Wildman–Crippen LogP) is 2.44. The summed E-state index contributed by atoms with van der Waals surface area (Å²) in [6.07, 6.45) is 2.01. The van der Waals surface area contributed by atoms with Crippen molar-refractivity contribution < 1.29 is 9.84 Å². The minimum atomic E-state index is -0.452. The number of aliphatic hydroxyl groups excluding tert-OH is 1. The summed E-state index contributed by atoms with van der Waals surface area (Å²) in [4.78, 5) is 4.28. The number of nitrogens with zero attached hydrogens (tertiary/aromatic N) is 1. The lowest BCUT2D eigenvalue weighted by atomic mass is 9.96. The summed E-state index contributed by atoms with van der Waals surface area (Å²) >= 11 is 0. The van der Waals surface area contributed by atoms with Gasteiger partial charge in [0.1, 0.15) is 5.75 Å². The van der Waals surface area contributed by atoms with Crippen molar-refractivity contribution >= 4 is 10.9 Å². The Morgan fingerprint density at radius 2 is 2.25 bits per heavy atom. The zero-order valence-electron chi connectivity index (χ0n) is 9.05. The molecule has 1 aromatic carbocycles. The van der Waals surface area contributed by atoms with Crippen LogP contribution in [0.2, 0.25) is 0 Å². The maximum atomic E-state index is 10.1. The maximum absolute atomic E-state index is 10.1. The SMILES string of the molecule is C[C@H]1C[C@H](O)c2c(ccc3ncccc23)O1. The first-order chi connectivity index (χ1) is 7.75. The summed E-state index contributed by atoms with van der Waals surface area (Å²) in [6.45, 7) is 1.97. The summed E-state index contributed by atoms with van der Waals surface area (Å²) in [7, 11) is 0. The van der Waals surface area contributed by atoms with Crippen LogP contribution >= 0.6 is 0 Å². The Kier molecular flexibility index (Phi) is 2.07. The first kappa shape index (κ1) is 9.60. The molecule has 1 N–H and O–H groups in total. The Morgan fingerprint density at radius 1 is 1.38 bits per heavy atom. The van der Waals surface area contributed by atoms with Gasteiger partial charge in [0.15, 0.2) is 0 Å². The highest BCUT2D eigenvalue weighted by Gasteiger charge is 2.26. The average Bonchev–Trinajstić information content (AvgIpc) is 2.28. The molecule has 1 aliphatic rings. The van der Waals surface area contributed by atoms with Gasteiger partial charge in [-0.05, 0) is 25.1 Å². The lowest BCUT2D eigenvalue weighted by Gasteiger charge is -2.28. The van der Waals surface area contributed by atoms with Gasteiger partial charge in [0.05, 0.1) is 17.7 Å². The highest BCUT2D eigenvalue weighted by molar-refractivity contribution is 5.85. The Labute approximate surface area is 93.7 Å². The number of aliphatic hydroxyl groups is 1. The van der Waals surface area contributed by atoms with E-state index in [0.717, 1.165) is 22.2 Å². The van der Waals surface area contributed by atoms with Crippen molar-refractivity contribution in [3.05, 3.63) is 36.0 Å². The van der Waals surface area contributed by atoms with Gasteiger partial charge in [0, 0.05) is 23.6 Å². The van der Waals surface area contributed by atoms with Crippen molar-refractivity contribution in [3.63, 3.8) is 0 Å².